The van der Waals surface area contributed by atoms with Gasteiger partial charge in [0.25, 0.3) is 0 Å². The maximum atomic E-state index is 13.4. The zero-order valence-corrected chi connectivity index (χ0v) is 15.9. The number of benzene rings is 1. The summed E-state index contributed by atoms with van der Waals surface area (Å²) in [7, 11) is 0. The molecule has 27 heavy (non-hydrogen) atoms. The number of aromatic nitrogens is 2. The number of nitrogens with one attached hydrogen (secondary N) is 2. The van der Waals surface area contributed by atoms with Crippen LogP contribution in [0.5, 0.6) is 0 Å². The molecule has 1 heterocycles. The smallest absolute Gasteiger partial charge is 0.388 e. The second kappa shape index (κ2) is 7.20. The van der Waals surface area contributed by atoms with Gasteiger partial charge in [-0.1, -0.05) is 13.8 Å². The number of alkyl halides is 3. The minimum Gasteiger partial charge on any atom is -0.388 e. The molecule has 3 atom stereocenters. The number of hydrogen-bond acceptors (Lipinski definition) is 5. The summed E-state index contributed by atoms with van der Waals surface area (Å²) in [6, 6.07) is 3.29. The average Bonchev–Trinajstić information content (AvgIpc) is 2.97. The number of aromatic amines is 1. The van der Waals surface area contributed by atoms with Crippen LogP contribution >= 0.6 is 12.4 Å². The van der Waals surface area contributed by atoms with Crippen molar-refractivity contribution in [2.75, 3.05) is 5.32 Å². The van der Waals surface area contributed by atoms with Crippen LogP contribution in [-0.2, 0) is 6.18 Å². The fraction of sp³-hybridized carbons (Fsp3) is 0.529. The lowest BCUT2D eigenvalue weighted by atomic mass is 9.56. The van der Waals surface area contributed by atoms with Crippen molar-refractivity contribution in [2.24, 2.45) is 17.1 Å². The first-order chi connectivity index (χ1) is 12.0. The Balaban J connectivity index is 0.00000261. The highest BCUT2D eigenvalue weighted by molar-refractivity contribution is 5.85. The van der Waals surface area contributed by atoms with E-state index < -0.39 is 17.5 Å². The molecule has 1 fully saturated rings. The van der Waals surface area contributed by atoms with Gasteiger partial charge in [0, 0.05) is 23.3 Å². The lowest BCUT2D eigenvalue weighted by Gasteiger charge is -2.53. The van der Waals surface area contributed by atoms with Gasteiger partial charge in [-0.25, -0.2) is 9.89 Å². The molecule has 0 bridgehead atoms. The minimum absolute atomic E-state index is 0. The van der Waals surface area contributed by atoms with Gasteiger partial charge in [0.05, 0.1) is 5.56 Å². The molecular weight excluding hydrogens is 385 g/mol. The zero-order chi connectivity index (χ0) is 19.3. The van der Waals surface area contributed by atoms with E-state index in [1.807, 2.05) is 20.8 Å². The standard InChI is InChI=1S/C17H21F3N4O2.ClH/c1-8(11-7-13(21)16(11,2)3)22-12-6-9(14-23-24-15(25)26-14)4-5-10(12)17(18,19)20;/h4-6,8,11,13,22H,7,21H2,1-3H3,(H,24,25);1H/t8?,11-,13-;/m0./s1. The number of nitrogens with two attached hydrogens (primary N) is 1. The Morgan fingerprint density at radius 3 is 2.56 bits per heavy atom. The lowest BCUT2D eigenvalue weighted by molar-refractivity contribution is -0.137. The molecular formula is C17H22ClF3N4O2. The lowest BCUT2D eigenvalue weighted by Crippen LogP contribution is -2.59. The van der Waals surface area contributed by atoms with Crippen molar-refractivity contribution in [3.63, 3.8) is 0 Å². The second-order valence-corrected chi connectivity index (χ2v) is 7.38. The number of halogens is 4. The van der Waals surface area contributed by atoms with Gasteiger partial charge < -0.3 is 15.5 Å². The number of anilines is 1. The van der Waals surface area contributed by atoms with Gasteiger partial charge in [0.1, 0.15) is 0 Å². The summed E-state index contributed by atoms with van der Waals surface area (Å²) < 4.78 is 45.0. The Labute approximate surface area is 160 Å². The van der Waals surface area contributed by atoms with Crippen molar-refractivity contribution >= 4 is 18.1 Å². The average molecular weight is 407 g/mol. The molecule has 10 heteroatoms. The van der Waals surface area contributed by atoms with E-state index in [1.54, 1.807) is 0 Å². The fourth-order valence-electron chi connectivity index (χ4n) is 3.59. The third-order valence-corrected chi connectivity index (χ3v) is 5.42. The highest BCUT2D eigenvalue weighted by atomic mass is 35.5. The predicted octanol–water partition coefficient (Wildman–Crippen LogP) is 3.64. The SMILES string of the molecule is CC(Nc1cc(-c2n[nH]c(=O)o2)ccc1C(F)(F)F)[C@@H]1C[C@H](N)C1(C)C.Cl. The topological polar surface area (TPSA) is 96.9 Å². The van der Waals surface area contributed by atoms with E-state index in [0.29, 0.717) is 0 Å². The van der Waals surface area contributed by atoms with E-state index >= 15 is 0 Å². The maximum Gasteiger partial charge on any atom is 0.434 e. The van der Waals surface area contributed by atoms with E-state index in [9.17, 15) is 18.0 Å². The fourth-order valence-corrected chi connectivity index (χ4v) is 3.59. The van der Waals surface area contributed by atoms with E-state index in [0.717, 1.165) is 12.5 Å². The molecule has 0 radical (unpaired) electrons. The molecule has 0 aliphatic heterocycles. The summed E-state index contributed by atoms with van der Waals surface area (Å²) >= 11 is 0. The van der Waals surface area contributed by atoms with Crippen LogP contribution in [0.4, 0.5) is 18.9 Å². The number of hydrogen-bond donors (Lipinski definition) is 3. The molecule has 1 aromatic carbocycles. The summed E-state index contributed by atoms with van der Waals surface area (Å²) in [5, 5.41) is 8.74. The molecule has 1 aliphatic rings. The normalized spacial score (nSPS) is 22.5. The molecule has 1 saturated carbocycles. The Kier molecular flexibility index (Phi) is 5.68. The largest absolute Gasteiger partial charge is 0.434 e. The molecule has 3 rings (SSSR count). The van der Waals surface area contributed by atoms with Crippen LogP contribution in [0.15, 0.2) is 27.4 Å². The van der Waals surface area contributed by atoms with Crippen LogP contribution in [0.3, 0.4) is 0 Å². The monoisotopic (exact) mass is 406 g/mol. The van der Waals surface area contributed by atoms with Crippen LogP contribution in [0.2, 0.25) is 0 Å². The summed E-state index contributed by atoms with van der Waals surface area (Å²) in [6.07, 6.45) is -3.77. The van der Waals surface area contributed by atoms with Gasteiger partial charge in [-0.3, -0.25) is 0 Å². The quantitative estimate of drug-likeness (QED) is 0.720. The van der Waals surface area contributed by atoms with Crippen molar-refractivity contribution in [1.29, 1.82) is 0 Å². The van der Waals surface area contributed by atoms with Crippen molar-refractivity contribution in [3.8, 4) is 11.5 Å². The molecule has 1 aliphatic carbocycles. The summed E-state index contributed by atoms with van der Waals surface area (Å²) in [5.41, 5.74) is 5.27. The number of rotatable bonds is 4. The number of H-pyrrole nitrogens is 1. The van der Waals surface area contributed by atoms with E-state index in [4.69, 9.17) is 10.2 Å². The minimum atomic E-state index is -4.52. The molecule has 1 unspecified atom stereocenters. The molecule has 4 N–H and O–H groups in total. The summed E-state index contributed by atoms with van der Waals surface area (Å²) in [5.74, 6) is -0.691. The molecule has 6 nitrogen and oxygen atoms in total. The van der Waals surface area contributed by atoms with Crippen LogP contribution in [0, 0.1) is 11.3 Å². The predicted molar refractivity (Wildman–Crippen MR) is 97.8 cm³/mol. The summed E-state index contributed by atoms with van der Waals surface area (Å²) in [6.45, 7) is 5.88. The van der Waals surface area contributed by atoms with Crippen LogP contribution < -0.4 is 16.8 Å². The van der Waals surface area contributed by atoms with Crippen LogP contribution in [0.25, 0.3) is 11.5 Å². The second-order valence-electron chi connectivity index (χ2n) is 7.38. The highest BCUT2D eigenvalue weighted by Gasteiger charge is 2.48. The molecule has 0 spiro atoms. The van der Waals surface area contributed by atoms with Gasteiger partial charge in [-0.15, -0.1) is 17.5 Å². The Hall–Kier alpha value is -2.00. The molecule has 0 saturated heterocycles. The van der Waals surface area contributed by atoms with Crippen LogP contribution in [0.1, 0.15) is 32.8 Å². The maximum absolute atomic E-state index is 13.4. The van der Waals surface area contributed by atoms with Crippen molar-refractivity contribution in [2.45, 2.75) is 45.5 Å². The highest BCUT2D eigenvalue weighted by Crippen LogP contribution is 2.48. The molecule has 1 aromatic heterocycles. The third kappa shape index (κ3) is 3.98. The van der Waals surface area contributed by atoms with E-state index in [1.165, 1.54) is 12.1 Å². The molecule has 2 aromatic rings. The van der Waals surface area contributed by atoms with Gasteiger partial charge in [-0.2, -0.15) is 13.2 Å². The zero-order valence-electron chi connectivity index (χ0n) is 15.1. The molecule has 0 amide bonds. The van der Waals surface area contributed by atoms with Crippen LogP contribution in [-0.4, -0.2) is 22.3 Å². The first-order valence-electron chi connectivity index (χ1n) is 8.29. The van der Waals surface area contributed by atoms with Gasteiger partial charge >= 0.3 is 11.9 Å². The third-order valence-electron chi connectivity index (χ3n) is 5.42. The van der Waals surface area contributed by atoms with Gasteiger partial charge in [-0.05, 0) is 42.9 Å². The number of nitrogens with zero attached hydrogens (tertiary/aromatic N) is 1. The van der Waals surface area contributed by atoms with E-state index in [2.05, 4.69) is 15.5 Å². The first kappa shape index (κ1) is 21.3. The van der Waals surface area contributed by atoms with Gasteiger partial charge in [0.15, 0.2) is 0 Å². The van der Waals surface area contributed by atoms with Gasteiger partial charge in [0.2, 0.25) is 5.89 Å². The van der Waals surface area contributed by atoms with Crippen molar-refractivity contribution in [1.82, 2.24) is 10.2 Å². The van der Waals surface area contributed by atoms with Crippen molar-refractivity contribution < 1.29 is 17.6 Å². The summed E-state index contributed by atoms with van der Waals surface area (Å²) in [4.78, 5) is 11.1. The first-order valence-corrected chi connectivity index (χ1v) is 8.29. The Morgan fingerprint density at radius 1 is 1.41 bits per heavy atom. The van der Waals surface area contributed by atoms with Crippen molar-refractivity contribution in [3.05, 3.63) is 34.3 Å². The van der Waals surface area contributed by atoms with E-state index in [-0.39, 0.29) is 53.0 Å². The Bertz CT molecular complexity index is 862. The Morgan fingerprint density at radius 2 is 2.07 bits per heavy atom. The molecule has 150 valence electrons.